The first kappa shape index (κ1) is 13.4. The van der Waals surface area contributed by atoms with E-state index in [9.17, 15) is 0 Å². The Morgan fingerprint density at radius 3 is 2.83 bits per heavy atom. The van der Waals surface area contributed by atoms with Crippen LogP contribution in [0.25, 0.3) is 0 Å². The molecule has 0 radical (unpaired) electrons. The summed E-state index contributed by atoms with van der Waals surface area (Å²) in [7, 11) is 2.08. The van der Waals surface area contributed by atoms with Crippen LogP contribution in [0.3, 0.4) is 0 Å². The summed E-state index contributed by atoms with van der Waals surface area (Å²) in [6.45, 7) is 1.50. The number of anilines is 1. The molecule has 0 saturated heterocycles. The average molecular weight is 281 g/mol. The molecule has 1 aromatic heterocycles. The molecule has 1 aromatic carbocycles. The van der Waals surface area contributed by atoms with E-state index >= 15 is 0 Å². The summed E-state index contributed by atoms with van der Waals surface area (Å²) in [5.74, 6) is 0. The minimum Gasteiger partial charge on any atom is -0.374 e. The molecule has 0 spiro atoms. The second-order valence-corrected chi connectivity index (χ2v) is 5.70. The number of rotatable bonds is 5. The first-order valence-electron chi connectivity index (χ1n) is 5.92. The number of thiophene rings is 1. The molecule has 96 valence electrons. The van der Waals surface area contributed by atoms with Crippen LogP contribution in [-0.4, -0.2) is 13.6 Å². The summed E-state index contributed by atoms with van der Waals surface area (Å²) < 4.78 is 0. The minimum absolute atomic E-state index is 0.538. The molecule has 0 aliphatic rings. The zero-order chi connectivity index (χ0) is 13.0. The van der Waals surface area contributed by atoms with E-state index in [1.54, 1.807) is 11.3 Å². The number of nitrogens with zero attached hydrogens (tertiary/aromatic N) is 1. The Morgan fingerprint density at radius 2 is 2.17 bits per heavy atom. The van der Waals surface area contributed by atoms with Crippen LogP contribution >= 0.6 is 22.9 Å². The van der Waals surface area contributed by atoms with Gasteiger partial charge in [-0.1, -0.05) is 23.7 Å². The standard InChI is InChI=1S/C14H17ClN2S/c1-17(7-6-13-3-2-8-18-13)14-9-12(15)5-4-11(14)10-16/h2-5,8-9H,6-7,10,16H2,1H3. The van der Waals surface area contributed by atoms with Crippen LogP contribution in [0.15, 0.2) is 35.7 Å². The van der Waals surface area contributed by atoms with E-state index in [4.69, 9.17) is 17.3 Å². The molecule has 2 N–H and O–H groups in total. The molecular weight excluding hydrogens is 264 g/mol. The van der Waals surface area contributed by atoms with Gasteiger partial charge in [-0.05, 0) is 35.6 Å². The van der Waals surface area contributed by atoms with Gasteiger partial charge in [-0.3, -0.25) is 0 Å². The zero-order valence-corrected chi connectivity index (χ0v) is 12.0. The number of hydrogen-bond acceptors (Lipinski definition) is 3. The molecule has 4 heteroatoms. The second kappa shape index (κ2) is 6.23. The van der Waals surface area contributed by atoms with Crippen LogP contribution in [0.1, 0.15) is 10.4 Å². The summed E-state index contributed by atoms with van der Waals surface area (Å²) in [6.07, 6.45) is 1.05. The highest BCUT2D eigenvalue weighted by molar-refractivity contribution is 7.09. The molecule has 0 unspecified atom stereocenters. The van der Waals surface area contributed by atoms with Crippen molar-refractivity contribution < 1.29 is 0 Å². The molecule has 0 bridgehead atoms. The highest BCUT2D eigenvalue weighted by Crippen LogP contribution is 2.24. The monoisotopic (exact) mass is 280 g/mol. The van der Waals surface area contributed by atoms with Gasteiger partial charge in [0.25, 0.3) is 0 Å². The molecule has 0 amide bonds. The molecule has 0 aliphatic heterocycles. The molecule has 0 fully saturated rings. The molecule has 0 saturated carbocycles. The predicted molar refractivity (Wildman–Crippen MR) is 80.6 cm³/mol. The fourth-order valence-corrected chi connectivity index (χ4v) is 2.78. The van der Waals surface area contributed by atoms with Crippen LogP contribution in [0.4, 0.5) is 5.69 Å². The highest BCUT2D eigenvalue weighted by Gasteiger charge is 2.07. The zero-order valence-electron chi connectivity index (χ0n) is 10.4. The molecule has 1 heterocycles. The first-order chi connectivity index (χ1) is 8.70. The lowest BCUT2D eigenvalue weighted by Gasteiger charge is -2.22. The van der Waals surface area contributed by atoms with E-state index < -0.39 is 0 Å². The van der Waals surface area contributed by atoms with E-state index in [1.807, 2.05) is 18.2 Å². The lowest BCUT2D eigenvalue weighted by molar-refractivity contribution is 0.875. The minimum atomic E-state index is 0.538. The number of benzene rings is 1. The Balaban J connectivity index is 2.08. The van der Waals surface area contributed by atoms with Gasteiger partial charge in [0.15, 0.2) is 0 Å². The van der Waals surface area contributed by atoms with Crippen molar-refractivity contribution in [1.82, 2.24) is 0 Å². The third-order valence-corrected chi connectivity index (χ3v) is 4.12. The number of hydrogen-bond donors (Lipinski definition) is 1. The Labute approximate surface area is 117 Å². The van der Waals surface area contributed by atoms with Gasteiger partial charge in [0.1, 0.15) is 0 Å². The fraction of sp³-hybridized carbons (Fsp3) is 0.286. The van der Waals surface area contributed by atoms with Crippen LogP contribution in [0.5, 0.6) is 0 Å². The average Bonchev–Trinajstić information content (AvgIpc) is 2.89. The van der Waals surface area contributed by atoms with Gasteiger partial charge in [0, 0.05) is 35.7 Å². The van der Waals surface area contributed by atoms with Crippen molar-refractivity contribution in [2.75, 3.05) is 18.5 Å². The lowest BCUT2D eigenvalue weighted by Crippen LogP contribution is -2.22. The number of halogens is 1. The molecular formula is C14H17ClN2S. The maximum absolute atomic E-state index is 6.05. The van der Waals surface area contributed by atoms with E-state index in [1.165, 1.54) is 4.88 Å². The molecule has 0 aliphatic carbocycles. The normalized spacial score (nSPS) is 10.6. The largest absolute Gasteiger partial charge is 0.374 e. The van der Waals surface area contributed by atoms with Crippen molar-refractivity contribution in [1.29, 1.82) is 0 Å². The third kappa shape index (κ3) is 3.25. The van der Waals surface area contributed by atoms with E-state index in [0.29, 0.717) is 6.54 Å². The Hall–Kier alpha value is -1.03. The van der Waals surface area contributed by atoms with Crippen LogP contribution in [0, 0.1) is 0 Å². The van der Waals surface area contributed by atoms with E-state index in [2.05, 4.69) is 29.5 Å². The Bertz CT molecular complexity index is 497. The van der Waals surface area contributed by atoms with Gasteiger partial charge in [0.05, 0.1) is 0 Å². The van der Waals surface area contributed by atoms with Gasteiger partial charge >= 0.3 is 0 Å². The number of likely N-dealkylation sites (N-methyl/N-ethyl adjacent to an activating group) is 1. The lowest BCUT2D eigenvalue weighted by atomic mass is 10.1. The van der Waals surface area contributed by atoms with Gasteiger partial charge < -0.3 is 10.6 Å². The molecule has 2 nitrogen and oxygen atoms in total. The van der Waals surface area contributed by atoms with Gasteiger partial charge in [-0.15, -0.1) is 11.3 Å². The van der Waals surface area contributed by atoms with Crippen LogP contribution < -0.4 is 10.6 Å². The summed E-state index contributed by atoms with van der Waals surface area (Å²) in [5, 5.41) is 2.87. The summed E-state index contributed by atoms with van der Waals surface area (Å²) in [4.78, 5) is 3.62. The van der Waals surface area contributed by atoms with Crippen LogP contribution in [-0.2, 0) is 13.0 Å². The second-order valence-electron chi connectivity index (χ2n) is 4.23. The van der Waals surface area contributed by atoms with Gasteiger partial charge in [0.2, 0.25) is 0 Å². The maximum Gasteiger partial charge on any atom is 0.0426 e. The molecule has 2 aromatic rings. The van der Waals surface area contributed by atoms with Crippen LogP contribution in [0.2, 0.25) is 5.02 Å². The molecule has 2 rings (SSSR count). The predicted octanol–water partition coefficient (Wildman–Crippen LogP) is 3.54. The third-order valence-electron chi connectivity index (χ3n) is 2.95. The van der Waals surface area contributed by atoms with Gasteiger partial charge in [-0.2, -0.15) is 0 Å². The molecule has 0 atom stereocenters. The first-order valence-corrected chi connectivity index (χ1v) is 7.18. The highest BCUT2D eigenvalue weighted by atomic mass is 35.5. The van der Waals surface area contributed by atoms with E-state index in [-0.39, 0.29) is 0 Å². The Kier molecular flexibility index (Phi) is 4.64. The van der Waals surface area contributed by atoms with Crippen molar-refractivity contribution in [3.63, 3.8) is 0 Å². The van der Waals surface area contributed by atoms with Gasteiger partial charge in [-0.25, -0.2) is 0 Å². The smallest absolute Gasteiger partial charge is 0.0426 e. The SMILES string of the molecule is CN(CCc1cccs1)c1cc(Cl)ccc1CN. The summed E-state index contributed by atoms with van der Waals surface area (Å²) in [6, 6.07) is 10.1. The van der Waals surface area contributed by atoms with Crippen molar-refractivity contribution in [3.8, 4) is 0 Å². The number of nitrogens with two attached hydrogens (primary N) is 1. The van der Waals surface area contributed by atoms with E-state index in [0.717, 1.165) is 29.2 Å². The molecule has 18 heavy (non-hydrogen) atoms. The topological polar surface area (TPSA) is 29.3 Å². The van der Waals surface area contributed by atoms with Crippen molar-refractivity contribution in [2.24, 2.45) is 5.73 Å². The summed E-state index contributed by atoms with van der Waals surface area (Å²) >= 11 is 7.85. The Morgan fingerprint density at radius 1 is 1.33 bits per heavy atom. The van der Waals surface area contributed by atoms with Crippen molar-refractivity contribution >= 4 is 28.6 Å². The fourth-order valence-electron chi connectivity index (χ4n) is 1.92. The van der Waals surface area contributed by atoms with Crippen molar-refractivity contribution in [2.45, 2.75) is 13.0 Å². The quantitative estimate of drug-likeness (QED) is 0.908. The van der Waals surface area contributed by atoms with Crippen molar-refractivity contribution in [3.05, 3.63) is 51.2 Å². The summed E-state index contributed by atoms with van der Waals surface area (Å²) in [5.41, 5.74) is 8.02. The maximum atomic E-state index is 6.05.